The summed E-state index contributed by atoms with van der Waals surface area (Å²) < 4.78 is 23.1. The minimum Gasteiger partial charge on any atom is -0.479 e. The smallest absolute Gasteiger partial charge is 0.365 e. The molecular formula is C35H28N2O9. The highest BCUT2D eigenvalue weighted by Crippen LogP contribution is 2.26. The predicted octanol–water partition coefficient (Wildman–Crippen LogP) is 4.71. The van der Waals surface area contributed by atoms with Crippen molar-refractivity contribution in [3.63, 3.8) is 0 Å². The average Bonchev–Trinajstić information content (AvgIpc) is 3.11. The normalized spacial score (nSPS) is 17.4. The zero-order valence-electron chi connectivity index (χ0n) is 24.3. The lowest BCUT2D eigenvalue weighted by Gasteiger charge is -2.35. The number of nitrogens with two attached hydrogens (primary N) is 1. The third-order valence-corrected chi connectivity index (χ3v) is 6.67. The second-order valence-corrected chi connectivity index (χ2v) is 9.84. The van der Waals surface area contributed by atoms with E-state index in [2.05, 4.69) is 5.16 Å². The number of nitrogens with zero attached hydrogens (tertiary/aromatic N) is 1. The van der Waals surface area contributed by atoms with Crippen molar-refractivity contribution in [2.75, 3.05) is 6.61 Å². The fourth-order valence-electron chi connectivity index (χ4n) is 4.35. The molecule has 0 saturated carbocycles. The lowest BCUT2D eigenvalue weighted by molar-refractivity contribution is -0.102. The Kier molecular flexibility index (Phi) is 10.2. The van der Waals surface area contributed by atoms with E-state index in [1.54, 1.807) is 109 Å². The van der Waals surface area contributed by atoms with Gasteiger partial charge >= 0.3 is 23.9 Å². The number of esters is 3. The van der Waals surface area contributed by atoms with Crippen molar-refractivity contribution in [2.45, 2.75) is 18.3 Å². The summed E-state index contributed by atoms with van der Waals surface area (Å²) >= 11 is 0. The van der Waals surface area contributed by atoms with E-state index in [-0.39, 0.29) is 28.0 Å². The van der Waals surface area contributed by atoms with Gasteiger partial charge in [0.25, 0.3) is 0 Å². The molecule has 0 radical (unpaired) electrons. The quantitative estimate of drug-likeness (QED) is 0.0659. The molecule has 1 aliphatic rings. The van der Waals surface area contributed by atoms with Crippen LogP contribution < -0.4 is 5.73 Å². The lowest BCUT2D eigenvalue weighted by Crippen LogP contribution is -2.50. The number of hydrogen-bond donors (Lipinski definition) is 1. The van der Waals surface area contributed by atoms with Gasteiger partial charge in [-0.1, -0.05) is 78.0 Å². The Morgan fingerprint density at radius 2 is 1.04 bits per heavy atom. The first-order valence-electron chi connectivity index (χ1n) is 14.1. The largest absolute Gasteiger partial charge is 0.479 e. The number of carbonyl (C=O) groups is 4. The van der Waals surface area contributed by atoms with E-state index >= 15 is 0 Å². The van der Waals surface area contributed by atoms with Crippen LogP contribution in [0, 0.1) is 0 Å². The third kappa shape index (κ3) is 8.03. The number of carbonyl (C=O) groups excluding carboxylic acids is 4. The molecule has 0 amide bonds. The Hall–Kier alpha value is -6.23. The van der Waals surface area contributed by atoms with E-state index in [0.29, 0.717) is 0 Å². The standard InChI is InChI=1S/C35H28N2O9/c36-31(37-46-35(41)26-19-11-4-12-20-26)28-21-27(44-33(39)24-15-7-2-8-16-24)30(45-34(40)25-17-9-3-10-18-25)29(43-28)22-42-32(38)23-13-5-1-6-14-23/h1-21,27,29-30H,22H2,(H2,36,37)/t27-,29-,30+/m1/s1. The summed E-state index contributed by atoms with van der Waals surface area (Å²) in [5, 5.41) is 3.70. The number of rotatable bonds is 10. The van der Waals surface area contributed by atoms with Gasteiger partial charge in [0.1, 0.15) is 6.61 Å². The predicted molar refractivity (Wildman–Crippen MR) is 164 cm³/mol. The minimum absolute atomic E-state index is 0.167. The summed E-state index contributed by atoms with van der Waals surface area (Å²) in [5.74, 6) is -3.50. The summed E-state index contributed by atoms with van der Waals surface area (Å²) in [6.07, 6.45) is -2.59. The molecule has 11 nitrogen and oxygen atoms in total. The van der Waals surface area contributed by atoms with E-state index in [1.807, 2.05) is 0 Å². The molecule has 46 heavy (non-hydrogen) atoms. The second-order valence-electron chi connectivity index (χ2n) is 9.84. The molecule has 2 N–H and O–H groups in total. The van der Waals surface area contributed by atoms with Gasteiger partial charge in [0, 0.05) is 6.08 Å². The number of oxime groups is 1. The molecular weight excluding hydrogens is 592 g/mol. The van der Waals surface area contributed by atoms with Gasteiger partial charge in [-0.15, -0.1) is 0 Å². The van der Waals surface area contributed by atoms with Crippen LogP contribution in [0.3, 0.4) is 0 Å². The van der Waals surface area contributed by atoms with E-state index < -0.39 is 54.6 Å². The van der Waals surface area contributed by atoms with Crippen molar-refractivity contribution in [1.82, 2.24) is 0 Å². The highest BCUT2D eigenvalue weighted by Gasteiger charge is 2.42. The summed E-state index contributed by atoms with van der Waals surface area (Å²) in [5.41, 5.74) is 7.09. The minimum atomic E-state index is -1.31. The van der Waals surface area contributed by atoms with Crippen LogP contribution in [-0.2, 0) is 23.8 Å². The molecule has 1 aliphatic heterocycles. The van der Waals surface area contributed by atoms with Gasteiger partial charge in [-0.25, -0.2) is 19.2 Å². The van der Waals surface area contributed by atoms with E-state index in [0.717, 1.165) is 0 Å². The van der Waals surface area contributed by atoms with Crippen molar-refractivity contribution < 1.29 is 43.0 Å². The first-order valence-corrected chi connectivity index (χ1v) is 14.1. The van der Waals surface area contributed by atoms with E-state index in [9.17, 15) is 19.2 Å². The molecule has 232 valence electrons. The first kappa shape index (κ1) is 31.2. The maximum Gasteiger partial charge on any atom is 0.365 e. The third-order valence-electron chi connectivity index (χ3n) is 6.67. The summed E-state index contributed by atoms with van der Waals surface area (Å²) in [4.78, 5) is 56.6. The van der Waals surface area contributed by atoms with Crippen molar-refractivity contribution >= 4 is 29.7 Å². The molecule has 3 atom stereocenters. The van der Waals surface area contributed by atoms with Gasteiger partial charge in [-0.3, -0.25) is 0 Å². The average molecular weight is 621 g/mol. The Morgan fingerprint density at radius 3 is 1.54 bits per heavy atom. The second kappa shape index (κ2) is 15.0. The molecule has 0 fully saturated rings. The Bertz CT molecular complexity index is 1730. The number of benzene rings is 4. The van der Waals surface area contributed by atoms with Crippen molar-refractivity contribution in [1.29, 1.82) is 0 Å². The van der Waals surface area contributed by atoms with Crippen LogP contribution in [0.4, 0.5) is 0 Å². The maximum absolute atomic E-state index is 13.2. The Balaban J connectivity index is 1.46. The maximum atomic E-state index is 13.2. The molecule has 4 aromatic carbocycles. The molecule has 0 aromatic heterocycles. The molecule has 0 spiro atoms. The van der Waals surface area contributed by atoms with E-state index in [1.165, 1.54) is 18.2 Å². The molecule has 0 aliphatic carbocycles. The molecule has 1 heterocycles. The topological polar surface area (TPSA) is 153 Å². The zero-order chi connectivity index (χ0) is 32.3. The summed E-state index contributed by atoms with van der Waals surface area (Å²) in [6, 6.07) is 32.6. The summed E-state index contributed by atoms with van der Waals surface area (Å²) in [6.45, 7) is -0.450. The van der Waals surface area contributed by atoms with Crippen LogP contribution >= 0.6 is 0 Å². The molecule has 5 rings (SSSR count). The van der Waals surface area contributed by atoms with Crippen LogP contribution in [0.5, 0.6) is 0 Å². The number of ether oxygens (including phenoxy) is 4. The van der Waals surface area contributed by atoms with Crippen LogP contribution in [0.2, 0.25) is 0 Å². The summed E-state index contributed by atoms with van der Waals surface area (Å²) in [7, 11) is 0. The van der Waals surface area contributed by atoms with Gasteiger partial charge in [-0.05, 0) is 48.5 Å². The Morgan fingerprint density at radius 1 is 0.609 bits per heavy atom. The van der Waals surface area contributed by atoms with Crippen molar-refractivity contribution in [3.05, 3.63) is 155 Å². The monoisotopic (exact) mass is 620 g/mol. The highest BCUT2D eigenvalue weighted by molar-refractivity contribution is 5.97. The van der Waals surface area contributed by atoms with Gasteiger partial charge in [0.05, 0.1) is 22.3 Å². The molecule has 0 saturated heterocycles. The molecule has 4 aromatic rings. The number of amidine groups is 1. The van der Waals surface area contributed by atoms with Crippen LogP contribution in [0.25, 0.3) is 0 Å². The Labute approximate surface area is 263 Å². The van der Waals surface area contributed by atoms with Gasteiger partial charge in [0.15, 0.2) is 24.1 Å². The van der Waals surface area contributed by atoms with Gasteiger partial charge in [-0.2, -0.15) is 0 Å². The fourth-order valence-corrected chi connectivity index (χ4v) is 4.35. The van der Waals surface area contributed by atoms with Crippen LogP contribution in [0.1, 0.15) is 41.4 Å². The fraction of sp³-hybridized carbons (Fsp3) is 0.114. The SMILES string of the molecule is N/C(=N\OC(=O)c1ccccc1)C1=C[C@@H](OC(=O)c2ccccc2)[C@H](OC(=O)c2ccccc2)[C@@H](COC(=O)c2ccccc2)O1. The molecule has 0 unspecified atom stereocenters. The lowest BCUT2D eigenvalue weighted by atomic mass is 10.0. The van der Waals surface area contributed by atoms with Gasteiger partial charge in [0.2, 0.25) is 5.84 Å². The van der Waals surface area contributed by atoms with Crippen LogP contribution in [0.15, 0.2) is 138 Å². The molecule has 11 heteroatoms. The zero-order valence-corrected chi connectivity index (χ0v) is 24.3. The first-order chi connectivity index (χ1) is 22.4. The van der Waals surface area contributed by atoms with Crippen LogP contribution in [-0.4, -0.2) is 54.6 Å². The van der Waals surface area contributed by atoms with Crippen molar-refractivity contribution in [2.24, 2.45) is 10.9 Å². The van der Waals surface area contributed by atoms with Gasteiger partial charge < -0.3 is 29.5 Å². The number of hydrogen-bond acceptors (Lipinski definition) is 10. The molecule has 0 bridgehead atoms. The van der Waals surface area contributed by atoms with Crippen molar-refractivity contribution in [3.8, 4) is 0 Å². The van der Waals surface area contributed by atoms with E-state index in [4.69, 9.17) is 29.5 Å². The highest BCUT2D eigenvalue weighted by atomic mass is 16.7.